The molecule has 1 aliphatic heterocycles. The minimum absolute atomic E-state index is 0.0960. The van der Waals surface area contributed by atoms with Gasteiger partial charge in [0.15, 0.2) is 0 Å². The Balaban J connectivity index is 1.52. The fourth-order valence-corrected chi connectivity index (χ4v) is 5.87. The maximum Gasteiger partial charge on any atom is 0.264 e. The van der Waals surface area contributed by atoms with Crippen LogP contribution in [0.25, 0.3) is 0 Å². The Kier molecular flexibility index (Phi) is 7.88. The van der Waals surface area contributed by atoms with Gasteiger partial charge in [0.1, 0.15) is 6.54 Å². The van der Waals surface area contributed by atoms with Crippen molar-refractivity contribution in [3.8, 4) is 0 Å². The largest absolute Gasteiger partial charge is 0.350 e. The number of carbonyl (C=O) groups is 1. The van der Waals surface area contributed by atoms with Crippen LogP contribution in [0.5, 0.6) is 0 Å². The Morgan fingerprint density at radius 1 is 0.882 bits per heavy atom. The van der Waals surface area contributed by atoms with Gasteiger partial charge in [-0.1, -0.05) is 66.2 Å². The fourth-order valence-electron chi connectivity index (χ4n) is 4.12. The quantitative estimate of drug-likeness (QED) is 0.474. The molecule has 4 rings (SSSR count). The third-order valence-corrected chi connectivity index (χ3v) is 8.02. The summed E-state index contributed by atoms with van der Waals surface area (Å²) in [6, 6.07) is 22.7. The standard InChI is InChI=1S/C26H28ClN3O3S/c27-24-14-6-7-15-25(24)30(34(32,33)23-12-2-1-3-13-23)20-26(31)28-18-21-10-4-5-11-22(21)19-29-16-8-9-17-29/h1-7,10-15H,8-9,16-20H2,(H,28,31). The van der Waals surface area contributed by atoms with E-state index in [4.69, 9.17) is 11.6 Å². The number of likely N-dealkylation sites (tertiary alicyclic amines) is 1. The van der Waals surface area contributed by atoms with E-state index < -0.39 is 15.9 Å². The van der Waals surface area contributed by atoms with Gasteiger partial charge in [0.25, 0.3) is 10.0 Å². The second kappa shape index (κ2) is 11.0. The Morgan fingerprint density at radius 3 is 2.21 bits per heavy atom. The number of hydrogen-bond donors (Lipinski definition) is 1. The van der Waals surface area contributed by atoms with Crippen LogP contribution in [0.2, 0.25) is 5.02 Å². The molecular weight excluding hydrogens is 470 g/mol. The molecule has 34 heavy (non-hydrogen) atoms. The van der Waals surface area contributed by atoms with Crippen LogP contribution in [0, 0.1) is 0 Å². The summed E-state index contributed by atoms with van der Waals surface area (Å²) in [5.41, 5.74) is 2.46. The third-order valence-electron chi connectivity index (χ3n) is 5.93. The first-order valence-electron chi connectivity index (χ1n) is 11.3. The Labute approximate surface area is 206 Å². The van der Waals surface area contributed by atoms with Crippen LogP contribution in [0.3, 0.4) is 0 Å². The van der Waals surface area contributed by atoms with Gasteiger partial charge < -0.3 is 5.32 Å². The monoisotopic (exact) mass is 497 g/mol. The number of anilines is 1. The molecule has 1 aliphatic rings. The highest BCUT2D eigenvalue weighted by molar-refractivity contribution is 7.92. The summed E-state index contributed by atoms with van der Waals surface area (Å²) in [5.74, 6) is -0.407. The van der Waals surface area contributed by atoms with Gasteiger partial charge in [0.2, 0.25) is 5.91 Å². The summed E-state index contributed by atoms with van der Waals surface area (Å²) >= 11 is 6.33. The molecular formula is C26H28ClN3O3S. The number of sulfonamides is 1. The zero-order valence-corrected chi connectivity index (χ0v) is 20.4. The maximum absolute atomic E-state index is 13.4. The molecule has 1 fully saturated rings. The first-order chi connectivity index (χ1) is 16.4. The molecule has 0 unspecified atom stereocenters. The molecule has 0 spiro atoms. The predicted molar refractivity (Wildman–Crippen MR) is 135 cm³/mol. The van der Waals surface area contributed by atoms with Crippen molar-refractivity contribution >= 4 is 33.2 Å². The molecule has 0 radical (unpaired) electrons. The lowest BCUT2D eigenvalue weighted by atomic mass is 10.1. The van der Waals surface area contributed by atoms with E-state index in [1.54, 1.807) is 42.5 Å². The van der Waals surface area contributed by atoms with Gasteiger partial charge in [-0.25, -0.2) is 8.42 Å². The summed E-state index contributed by atoms with van der Waals surface area (Å²) in [5, 5.41) is 3.16. The summed E-state index contributed by atoms with van der Waals surface area (Å²) in [6.07, 6.45) is 2.43. The molecule has 0 saturated carbocycles. The van der Waals surface area contributed by atoms with E-state index in [-0.39, 0.29) is 22.2 Å². The normalized spacial score (nSPS) is 14.1. The second-order valence-electron chi connectivity index (χ2n) is 8.30. The zero-order valence-electron chi connectivity index (χ0n) is 18.9. The summed E-state index contributed by atoms with van der Waals surface area (Å²) in [6.45, 7) is 2.97. The second-order valence-corrected chi connectivity index (χ2v) is 10.6. The average Bonchev–Trinajstić information content (AvgIpc) is 3.36. The Hall–Kier alpha value is -2.87. The van der Waals surface area contributed by atoms with Crippen molar-refractivity contribution in [3.05, 3.63) is 95.0 Å². The number of rotatable bonds is 9. The van der Waals surface area contributed by atoms with E-state index in [1.165, 1.54) is 30.5 Å². The van der Waals surface area contributed by atoms with Crippen molar-refractivity contribution in [1.29, 1.82) is 0 Å². The number of benzene rings is 3. The van der Waals surface area contributed by atoms with E-state index in [1.807, 2.05) is 18.2 Å². The van der Waals surface area contributed by atoms with Crippen LogP contribution in [-0.4, -0.2) is 38.9 Å². The summed E-state index contributed by atoms with van der Waals surface area (Å²) < 4.78 is 27.9. The Bertz CT molecular complexity index is 1230. The van der Waals surface area contributed by atoms with Crippen molar-refractivity contribution < 1.29 is 13.2 Å². The van der Waals surface area contributed by atoms with E-state index in [0.717, 1.165) is 29.5 Å². The van der Waals surface area contributed by atoms with Gasteiger partial charge in [0.05, 0.1) is 15.6 Å². The van der Waals surface area contributed by atoms with Gasteiger partial charge in [-0.2, -0.15) is 0 Å². The predicted octanol–water partition coefficient (Wildman–Crippen LogP) is 4.45. The van der Waals surface area contributed by atoms with Crippen LogP contribution < -0.4 is 9.62 Å². The van der Waals surface area contributed by atoms with Gasteiger partial charge >= 0.3 is 0 Å². The molecule has 1 saturated heterocycles. The van der Waals surface area contributed by atoms with Crippen LogP contribution >= 0.6 is 11.6 Å². The molecule has 6 nitrogen and oxygen atoms in total. The molecule has 3 aromatic carbocycles. The molecule has 0 aromatic heterocycles. The van der Waals surface area contributed by atoms with Crippen molar-refractivity contribution in [2.75, 3.05) is 23.9 Å². The van der Waals surface area contributed by atoms with E-state index in [2.05, 4.69) is 16.3 Å². The Morgan fingerprint density at radius 2 is 1.50 bits per heavy atom. The SMILES string of the molecule is O=C(CN(c1ccccc1Cl)S(=O)(=O)c1ccccc1)NCc1ccccc1CN1CCCC1. The lowest BCUT2D eigenvalue weighted by molar-refractivity contribution is -0.119. The van der Waals surface area contributed by atoms with Crippen LogP contribution in [0.15, 0.2) is 83.8 Å². The van der Waals surface area contributed by atoms with E-state index in [0.29, 0.717) is 6.54 Å². The van der Waals surface area contributed by atoms with E-state index in [9.17, 15) is 13.2 Å². The molecule has 0 aliphatic carbocycles. The number of carbonyl (C=O) groups excluding carboxylic acids is 1. The number of halogens is 1. The van der Waals surface area contributed by atoms with Crippen molar-refractivity contribution in [2.24, 2.45) is 0 Å². The van der Waals surface area contributed by atoms with E-state index >= 15 is 0 Å². The van der Waals surface area contributed by atoms with Crippen molar-refractivity contribution in [1.82, 2.24) is 10.2 Å². The molecule has 0 atom stereocenters. The summed E-state index contributed by atoms with van der Waals surface area (Å²) in [7, 11) is -4.00. The smallest absolute Gasteiger partial charge is 0.264 e. The number of para-hydroxylation sites is 1. The molecule has 3 aromatic rings. The zero-order chi connectivity index (χ0) is 24.0. The summed E-state index contributed by atoms with van der Waals surface area (Å²) in [4.78, 5) is 15.5. The first-order valence-corrected chi connectivity index (χ1v) is 13.1. The fraction of sp³-hybridized carbons (Fsp3) is 0.269. The highest BCUT2D eigenvalue weighted by Gasteiger charge is 2.28. The van der Waals surface area contributed by atoms with Gasteiger partial charge in [-0.3, -0.25) is 14.0 Å². The minimum atomic E-state index is -4.00. The number of hydrogen-bond acceptors (Lipinski definition) is 4. The highest BCUT2D eigenvalue weighted by atomic mass is 35.5. The molecule has 1 heterocycles. The number of nitrogens with one attached hydrogen (secondary N) is 1. The highest BCUT2D eigenvalue weighted by Crippen LogP contribution is 2.30. The maximum atomic E-state index is 13.4. The van der Waals surface area contributed by atoms with Crippen molar-refractivity contribution in [3.63, 3.8) is 0 Å². The lowest BCUT2D eigenvalue weighted by Gasteiger charge is -2.25. The lowest BCUT2D eigenvalue weighted by Crippen LogP contribution is -2.41. The topological polar surface area (TPSA) is 69.7 Å². The van der Waals surface area contributed by atoms with Crippen LogP contribution in [0.4, 0.5) is 5.69 Å². The van der Waals surface area contributed by atoms with Crippen molar-refractivity contribution in [2.45, 2.75) is 30.8 Å². The molecule has 0 bridgehead atoms. The average molecular weight is 498 g/mol. The number of amides is 1. The third kappa shape index (κ3) is 5.78. The number of nitrogens with zero attached hydrogens (tertiary/aromatic N) is 2. The molecule has 1 amide bonds. The molecule has 8 heteroatoms. The molecule has 1 N–H and O–H groups in total. The first kappa shape index (κ1) is 24.3. The van der Waals surface area contributed by atoms with Gasteiger partial charge in [-0.05, 0) is 61.3 Å². The van der Waals surface area contributed by atoms with Gasteiger partial charge in [-0.15, -0.1) is 0 Å². The molecule has 178 valence electrons. The minimum Gasteiger partial charge on any atom is -0.350 e. The van der Waals surface area contributed by atoms with Crippen LogP contribution in [-0.2, 0) is 27.9 Å². The van der Waals surface area contributed by atoms with Gasteiger partial charge in [0, 0.05) is 13.1 Å². The van der Waals surface area contributed by atoms with Crippen LogP contribution in [0.1, 0.15) is 24.0 Å².